The van der Waals surface area contributed by atoms with Gasteiger partial charge in [0.25, 0.3) is 0 Å². The average molecular weight is 227 g/mol. The third kappa shape index (κ3) is 2.38. The smallest absolute Gasteiger partial charge is 0.0996 e. The third-order valence-electron chi connectivity index (χ3n) is 2.99. The van der Waals surface area contributed by atoms with Crippen LogP contribution in [0.3, 0.4) is 0 Å². The monoisotopic (exact) mass is 227 g/mol. The summed E-state index contributed by atoms with van der Waals surface area (Å²) in [4.78, 5) is 0. The van der Waals surface area contributed by atoms with Gasteiger partial charge in [0.05, 0.1) is 5.60 Å². The summed E-state index contributed by atoms with van der Waals surface area (Å²) in [5, 5.41) is 10.3. The van der Waals surface area contributed by atoms with Crippen LogP contribution in [0.4, 0.5) is 0 Å². The largest absolute Gasteiger partial charge is 0.384 e. The van der Waals surface area contributed by atoms with Crippen molar-refractivity contribution in [3.8, 4) is 11.1 Å². The van der Waals surface area contributed by atoms with Crippen molar-refractivity contribution < 1.29 is 5.11 Å². The van der Waals surface area contributed by atoms with Crippen molar-refractivity contribution in [1.29, 1.82) is 0 Å². The molecule has 2 heteroatoms. The van der Waals surface area contributed by atoms with Crippen molar-refractivity contribution in [2.24, 2.45) is 5.73 Å². The second-order valence-electron chi connectivity index (χ2n) is 4.39. The summed E-state index contributed by atoms with van der Waals surface area (Å²) >= 11 is 0. The second-order valence-corrected chi connectivity index (χ2v) is 4.39. The zero-order valence-electron chi connectivity index (χ0n) is 9.93. The van der Waals surface area contributed by atoms with Crippen molar-refractivity contribution in [3.05, 3.63) is 60.2 Å². The van der Waals surface area contributed by atoms with Gasteiger partial charge in [-0.3, -0.25) is 0 Å². The number of rotatable bonds is 3. The molecule has 3 N–H and O–H groups in total. The summed E-state index contributed by atoms with van der Waals surface area (Å²) in [6.07, 6.45) is 0. The molecular formula is C15H17NO. The van der Waals surface area contributed by atoms with E-state index in [4.69, 9.17) is 5.73 Å². The molecule has 0 aromatic heterocycles. The summed E-state index contributed by atoms with van der Waals surface area (Å²) in [5.74, 6) is 0. The Morgan fingerprint density at radius 1 is 1.00 bits per heavy atom. The van der Waals surface area contributed by atoms with Gasteiger partial charge in [-0.15, -0.1) is 0 Å². The summed E-state index contributed by atoms with van der Waals surface area (Å²) in [7, 11) is 0. The Balaban J connectivity index is 2.56. The van der Waals surface area contributed by atoms with Crippen LogP contribution in [0, 0.1) is 0 Å². The first-order chi connectivity index (χ1) is 8.15. The van der Waals surface area contributed by atoms with Gasteiger partial charge in [0, 0.05) is 6.54 Å². The van der Waals surface area contributed by atoms with Crippen molar-refractivity contribution >= 4 is 0 Å². The van der Waals surface area contributed by atoms with E-state index in [9.17, 15) is 5.11 Å². The Morgan fingerprint density at radius 2 is 1.59 bits per heavy atom. The van der Waals surface area contributed by atoms with E-state index < -0.39 is 5.60 Å². The van der Waals surface area contributed by atoms with Crippen LogP contribution in [0.5, 0.6) is 0 Å². The van der Waals surface area contributed by atoms with Gasteiger partial charge in [-0.1, -0.05) is 54.6 Å². The summed E-state index contributed by atoms with van der Waals surface area (Å²) in [6, 6.07) is 17.9. The normalized spacial score (nSPS) is 14.3. The summed E-state index contributed by atoms with van der Waals surface area (Å²) < 4.78 is 0. The zero-order chi connectivity index (χ0) is 12.3. The molecular weight excluding hydrogens is 210 g/mol. The van der Waals surface area contributed by atoms with E-state index in [0.717, 1.165) is 16.7 Å². The Hall–Kier alpha value is -1.64. The number of benzene rings is 2. The Labute approximate surface area is 102 Å². The molecule has 2 rings (SSSR count). The van der Waals surface area contributed by atoms with E-state index in [-0.39, 0.29) is 6.54 Å². The molecule has 0 radical (unpaired) electrons. The minimum Gasteiger partial charge on any atom is -0.384 e. The molecule has 17 heavy (non-hydrogen) atoms. The van der Waals surface area contributed by atoms with Crippen LogP contribution in [-0.4, -0.2) is 11.7 Å². The van der Waals surface area contributed by atoms with Gasteiger partial charge in [0.15, 0.2) is 0 Å². The molecule has 0 heterocycles. The molecule has 2 aromatic rings. The number of hydrogen-bond donors (Lipinski definition) is 2. The fourth-order valence-corrected chi connectivity index (χ4v) is 1.93. The van der Waals surface area contributed by atoms with Gasteiger partial charge in [0.2, 0.25) is 0 Å². The molecule has 0 aliphatic heterocycles. The highest BCUT2D eigenvalue weighted by molar-refractivity contribution is 5.68. The van der Waals surface area contributed by atoms with Crippen molar-refractivity contribution in [2.75, 3.05) is 6.54 Å². The van der Waals surface area contributed by atoms with E-state index in [1.165, 1.54) is 0 Å². The van der Waals surface area contributed by atoms with Gasteiger partial charge in [-0.25, -0.2) is 0 Å². The zero-order valence-corrected chi connectivity index (χ0v) is 9.93. The summed E-state index contributed by atoms with van der Waals surface area (Å²) in [5.41, 5.74) is 7.64. The topological polar surface area (TPSA) is 46.2 Å². The molecule has 0 aliphatic rings. The van der Waals surface area contributed by atoms with Crippen LogP contribution in [0.1, 0.15) is 12.5 Å². The number of hydrogen-bond acceptors (Lipinski definition) is 2. The molecule has 88 valence electrons. The van der Waals surface area contributed by atoms with Gasteiger partial charge in [-0.2, -0.15) is 0 Å². The Kier molecular flexibility index (Phi) is 3.27. The lowest BCUT2D eigenvalue weighted by Crippen LogP contribution is -2.31. The van der Waals surface area contributed by atoms with Crippen LogP contribution < -0.4 is 5.73 Å². The highest BCUT2D eigenvalue weighted by atomic mass is 16.3. The van der Waals surface area contributed by atoms with E-state index in [1.54, 1.807) is 6.92 Å². The molecule has 1 unspecified atom stereocenters. The van der Waals surface area contributed by atoms with Gasteiger partial charge in [-0.05, 0) is 23.6 Å². The van der Waals surface area contributed by atoms with Gasteiger partial charge < -0.3 is 10.8 Å². The first-order valence-corrected chi connectivity index (χ1v) is 5.72. The lowest BCUT2D eigenvalue weighted by atomic mass is 9.88. The molecule has 0 saturated carbocycles. The SMILES string of the molecule is CC(O)(CN)c1ccccc1-c1ccccc1. The fraction of sp³-hybridized carbons (Fsp3) is 0.200. The van der Waals surface area contributed by atoms with Crippen LogP contribution in [0.15, 0.2) is 54.6 Å². The van der Waals surface area contributed by atoms with Crippen molar-refractivity contribution in [2.45, 2.75) is 12.5 Å². The van der Waals surface area contributed by atoms with Crippen molar-refractivity contribution in [3.63, 3.8) is 0 Å². The van der Waals surface area contributed by atoms with E-state index in [1.807, 2.05) is 54.6 Å². The molecule has 1 atom stereocenters. The maximum Gasteiger partial charge on any atom is 0.0996 e. The molecule has 2 aromatic carbocycles. The van der Waals surface area contributed by atoms with Crippen LogP contribution in [0.25, 0.3) is 11.1 Å². The number of aliphatic hydroxyl groups is 1. The van der Waals surface area contributed by atoms with Gasteiger partial charge >= 0.3 is 0 Å². The van der Waals surface area contributed by atoms with Crippen molar-refractivity contribution in [1.82, 2.24) is 0 Å². The molecule has 0 bridgehead atoms. The minimum absolute atomic E-state index is 0.205. The van der Waals surface area contributed by atoms with E-state index in [2.05, 4.69) is 0 Å². The predicted octanol–water partition coefficient (Wildman–Crippen LogP) is 2.52. The standard InChI is InChI=1S/C15H17NO/c1-15(17,11-16)14-10-6-5-9-13(14)12-7-3-2-4-8-12/h2-10,17H,11,16H2,1H3. The molecule has 0 amide bonds. The highest BCUT2D eigenvalue weighted by Gasteiger charge is 2.24. The van der Waals surface area contributed by atoms with Crippen LogP contribution in [0.2, 0.25) is 0 Å². The lowest BCUT2D eigenvalue weighted by molar-refractivity contribution is 0.0674. The van der Waals surface area contributed by atoms with E-state index >= 15 is 0 Å². The molecule has 0 spiro atoms. The maximum atomic E-state index is 10.3. The number of nitrogens with two attached hydrogens (primary N) is 1. The lowest BCUT2D eigenvalue weighted by Gasteiger charge is -2.24. The molecule has 2 nitrogen and oxygen atoms in total. The summed E-state index contributed by atoms with van der Waals surface area (Å²) in [6.45, 7) is 1.95. The maximum absolute atomic E-state index is 10.3. The molecule has 0 saturated heterocycles. The predicted molar refractivity (Wildman–Crippen MR) is 70.5 cm³/mol. The Bertz CT molecular complexity index is 491. The molecule has 0 fully saturated rings. The second kappa shape index (κ2) is 4.70. The first kappa shape index (κ1) is 11.8. The third-order valence-corrected chi connectivity index (χ3v) is 2.99. The first-order valence-electron chi connectivity index (χ1n) is 5.72. The van der Waals surface area contributed by atoms with Crippen LogP contribution in [-0.2, 0) is 5.60 Å². The minimum atomic E-state index is -0.994. The fourth-order valence-electron chi connectivity index (χ4n) is 1.93. The quantitative estimate of drug-likeness (QED) is 0.846. The van der Waals surface area contributed by atoms with E-state index in [0.29, 0.717) is 0 Å². The molecule has 0 aliphatic carbocycles. The Morgan fingerprint density at radius 3 is 2.24 bits per heavy atom. The highest BCUT2D eigenvalue weighted by Crippen LogP contribution is 2.30. The van der Waals surface area contributed by atoms with Gasteiger partial charge in [0.1, 0.15) is 0 Å². The average Bonchev–Trinajstić information content (AvgIpc) is 2.40. The van der Waals surface area contributed by atoms with Crippen LogP contribution >= 0.6 is 0 Å².